The third-order valence-corrected chi connectivity index (χ3v) is 9.22. The maximum atomic E-state index is 12.6. The highest BCUT2D eigenvalue weighted by Crippen LogP contribution is 2.43. The lowest BCUT2D eigenvalue weighted by molar-refractivity contribution is -0.161. The first-order valence-electron chi connectivity index (χ1n) is 22.3. The van der Waals surface area contributed by atoms with Crippen molar-refractivity contribution in [2.45, 2.75) is 136 Å². The summed E-state index contributed by atoms with van der Waals surface area (Å²) in [5.41, 5.74) is 5.34. The Balaban J connectivity index is 4.39. The van der Waals surface area contributed by atoms with Crippen LogP contribution in [0.25, 0.3) is 0 Å². The summed E-state index contributed by atoms with van der Waals surface area (Å²) in [7, 11) is -4.42. The molecule has 340 valence electrons. The first-order chi connectivity index (χ1) is 29.8. The Morgan fingerprint density at radius 1 is 0.492 bits per heavy atom. The van der Waals surface area contributed by atoms with Gasteiger partial charge in [0.1, 0.15) is 6.61 Å². The van der Waals surface area contributed by atoms with E-state index in [1.807, 2.05) is 12.2 Å². The minimum Gasteiger partial charge on any atom is -0.462 e. The van der Waals surface area contributed by atoms with Gasteiger partial charge in [-0.05, 0) is 103 Å². The minimum absolute atomic E-state index is 0.0271. The Morgan fingerprint density at radius 2 is 0.869 bits per heavy atom. The zero-order valence-corrected chi connectivity index (χ0v) is 38.2. The second-order valence-electron chi connectivity index (χ2n) is 13.8. The van der Waals surface area contributed by atoms with Gasteiger partial charge in [0.05, 0.1) is 13.2 Å². The monoisotopic (exact) mass is 864 g/mol. The van der Waals surface area contributed by atoms with E-state index in [1.54, 1.807) is 0 Å². The van der Waals surface area contributed by atoms with E-state index in [4.69, 9.17) is 24.3 Å². The molecule has 0 saturated carbocycles. The van der Waals surface area contributed by atoms with E-state index in [-0.39, 0.29) is 32.6 Å². The Bertz CT molecular complexity index is 1490. The van der Waals surface area contributed by atoms with Crippen LogP contribution in [0.5, 0.6) is 0 Å². The standard InChI is InChI=1S/C51H78NO8P/c1-3-5-7-9-11-13-15-17-19-21-23-24-26-28-30-32-34-36-38-40-42-44-51(54)60-49(48-59-61(55,56)58-46-45-52)47-57-50(53)43-41-39-37-35-33-31-29-27-25-22-20-18-16-14-12-10-8-6-4-2/h5-8,11-14,17-20,23-25,27-28,30-31,33-34,36-37,39,49H,3-4,9-10,15-16,21-22,26,29,32,35,38,40-48,52H2,1-2H3,(H,55,56)/b7-5-,8-6-,13-11-,14-12-,19-17-,20-18-,24-23-,27-25-,30-28-,33-31-,36-34-,39-37-. The number of ether oxygens (including phenoxy) is 2. The number of carbonyl (C=O) groups is 2. The van der Waals surface area contributed by atoms with Gasteiger partial charge in [-0.1, -0.05) is 160 Å². The van der Waals surface area contributed by atoms with Gasteiger partial charge in [-0.25, -0.2) is 4.57 Å². The molecule has 61 heavy (non-hydrogen) atoms. The largest absolute Gasteiger partial charge is 0.472 e. The third kappa shape index (κ3) is 45.3. The second kappa shape index (κ2) is 45.4. The summed E-state index contributed by atoms with van der Waals surface area (Å²) in [6.07, 6.45) is 64.7. The molecule has 0 aliphatic rings. The quantitative estimate of drug-likeness (QED) is 0.0268. The predicted octanol–water partition coefficient (Wildman–Crippen LogP) is 13.3. The van der Waals surface area contributed by atoms with Crippen LogP contribution in [0.3, 0.4) is 0 Å². The van der Waals surface area contributed by atoms with Crippen molar-refractivity contribution in [3.05, 3.63) is 146 Å². The van der Waals surface area contributed by atoms with Crippen molar-refractivity contribution in [2.24, 2.45) is 5.73 Å². The number of esters is 2. The fourth-order valence-electron chi connectivity index (χ4n) is 5.01. The van der Waals surface area contributed by atoms with E-state index < -0.39 is 32.5 Å². The van der Waals surface area contributed by atoms with E-state index in [0.29, 0.717) is 12.8 Å². The third-order valence-electron chi connectivity index (χ3n) is 8.23. The van der Waals surface area contributed by atoms with Crippen molar-refractivity contribution in [1.29, 1.82) is 0 Å². The molecule has 10 heteroatoms. The van der Waals surface area contributed by atoms with Gasteiger partial charge in [0.25, 0.3) is 0 Å². The maximum Gasteiger partial charge on any atom is 0.472 e. The first-order valence-corrected chi connectivity index (χ1v) is 23.8. The lowest BCUT2D eigenvalue weighted by atomic mass is 10.2. The van der Waals surface area contributed by atoms with Gasteiger partial charge in [-0.15, -0.1) is 0 Å². The molecule has 0 rings (SSSR count). The summed E-state index contributed by atoms with van der Waals surface area (Å²) in [6, 6.07) is 0. The van der Waals surface area contributed by atoms with Crippen molar-refractivity contribution >= 4 is 19.8 Å². The molecule has 3 N–H and O–H groups in total. The highest BCUT2D eigenvalue weighted by atomic mass is 31.2. The van der Waals surface area contributed by atoms with Crippen LogP contribution in [0.15, 0.2) is 146 Å². The van der Waals surface area contributed by atoms with Crippen LogP contribution in [-0.4, -0.2) is 49.3 Å². The number of unbranched alkanes of at least 4 members (excludes halogenated alkanes) is 2. The van der Waals surface area contributed by atoms with E-state index >= 15 is 0 Å². The highest BCUT2D eigenvalue weighted by molar-refractivity contribution is 7.47. The van der Waals surface area contributed by atoms with E-state index in [9.17, 15) is 19.0 Å². The first kappa shape index (κ1) is 56.9. The smallest absolute Gasteiger partial charge is 0.462 e. The molecule has 0 amide bonds. The number of carbonyl (C=O) groups excluding carboxylic acids is 2. The molecule has 2 unspecified atom stereocenters. The summed E-state index contributed by atoms with van der Waals surface area (Å²) < 4.78 is 32.7. The molecule has 2 atom stereocenters. The van der Waals surface area contributed by atoms with Crippen molar-refractivity contribution in [3.63, 3.8) is 0 Å². The molecule has 0 aliphatic heterocycles. The van der Waals surface area contributed by atoms with Crippen LogP contribution < -0.4 is 5.73 Å². The Hall–Kier alpha value is -4.11. The Morgan fingerprint density at radius 3 is 1.26 bits per heavy atom. The molecule has 0 bridgehead atoms. The van der Waals surface area contributed by atoms with E-state index in [0.717, 1.165) is 89.9 Å². The molecular formula is C51H78NO8P. The zero-order chi connectivity index (χ0) is 44.6. The fourth-order valence-corrected chi connectivity index (χ4v) is 5.78. The number of phosphoric acid groups is 1. The lowest BCUT2D eigenvalue weighted by Crippen LogP contribution is -2.29. The van der Waals surface area contributed by atoms with Crippen LogP contribution in [0.4, 0.5) is 0 Å². The molecule has 0 fully saturated rings. The Labute approximate surface area is 369 Å². The SMILES string of the molecule is CC/C=C\C/C=C\C/C=C\C/C=C\C/C=C\C/C=C\CCCCC(=O)OC(COC(=O)CC/C=C\C/C=C\C/C=C\C/C=C\C/C=C\C/C=C\CC)COP(=O)(O)OCCN. The summed E-state index contributed by atoms with van der Waals surface area (Å²) in [4.78, 5) is 34.9. The van der Waals surface area contributed by atoms with Gasteiger partial charge in [0, 0.05) is 19.4 Å². The van der Waals surface area contributed by atoms with Crippen LogP contribution in [0.2, 0.25) is 0 Å². The van der Waals surface area contributed by atoms with Crippen LogP contribution in [0, 0.1) is 0 Å². The summed E-state index contributed by atoms with van der Waals surface area (Å²) >= 11 is 0. The van der Waals surface area contributed by atoms with Crippen LogP contribution in [-0.2, 0) is 32.7 Å². The van der Waals surface area contributed by atoms with E-state index in [2.05, 4.69) is 148 Å². The van der Waals surface area contributed by atoms with Gasteiger partial charge >= 0.3 is 19.8 Å². The molecule has 0 radical (unpaired) electrons. The number of phosphoric ester groups is 1. The predicted molar refractivity (Wildman–Crippen MR) is 256 cm³/mol. The maximum absolute atomic E-state index is 12.6. The average molecular weight is 864 g/mol. The van der Waals surface area contributed by atoms with Crippen LogP contribution in [0.1, 0.15) is 129 Å². The lowest BCUT2D eigenvalue weighted by Gasteiger charge is -2.19. The van der Waals surface area contributed by atoms with Crippen molar-refractivity contribution in [3.8, 4) is 0 Å². The normalized spacial score (nSPS) is 14.6. The minimum atomic E-state index is -4.42. The second-order valence-corrected chi connectivity index (χ2v) is 15.2. The van der Waals surface area contributed by atoms with Gasteiger partial charge in [0.2, 0.25) is 0 Å². The van der Waals surface area contributed by atoms with Crippen molar-refractivity contribution < 1.29 is 37.6 Å². The molecule has 0 spiro atoms. The van der Waals surface area contributed by atoms with Gasteiger partial charge in [0.15, 0.2) is 6.10 Å². The van der Waals surface area contributed by atoms with Crippen molar-refractivity contribution in [2.75, 3.05) is 26.4 Å². The molecule has 0 aromatic rings. The number of nitrogens with two attached hydrogens (primary N) is 1. The number of hydrogen-bond acceptors (Lipinski definition) is 8. The average Bonchev–Trinajstić information content (AvgIpc) is 3.25. The van der Waals surface area contributed by atoms with Gasteiger partial charge in [-0.2, -0.15) is 0 Å². The molecule has 0 aromatic heterocycles. The molecule has 0 aromatic carbocycles. The van der Waals surface area contributed by atoms with Gasteiger partial charge < -0.3 is 20.1 Å². The molecule has 0 aliphatic carbocycles. The fraction of sp³-hybridized carbons (Fsp3) is 0.490. The highest BCUT2D eigenvalue weighted by Gasteiger charge is 2.25. The number of hydrogen-bond donors (Lipinski definition) is 2. The topological polar surface area (TPSA) is 134 Å². The van der Waals surface area contributed by atoms with Gasteiger partial charge in [-0.3, -0.25) is 18.6 Å². The molecule has 0 heterocycles. The molecular weight excluding hydrogens is 786 g/mol. The number of rotatable bonds is 39. The van der Waals surface area contributed by atoms with Crippen LogP contribution >= 0.6 is 7.82 Å². The van der Waals surface area contributed by atoms with E-state index in [1.165, 1.54) is 0 Å². The van der Waals surface area contributed by atoms with Crippen molar-refractivity contribution in [1.82, 2.24) is 0 Å². The summed E-state index contributed by atoms with van der Waals surface area (Å²) in [5, 5.41) is 0. The number of allylic oxidation sites excluding steroid dienone is 24. The molecule has 0 saturated heterocycles. The summed E-state index contributed by atoms with van der Waals surface area (Å²) in [6.45, 7) is 3.32. The Kier molecular flexibility index (Phi) is 42.4. The molecule has 9 nitrogen and oxygen atoms in total. The zero-order valence-electron chi connectivity index (χ0n) is 37.3. The summed E-state index contributed by atoms with van der Waals surface area (Å²) in [5.74, 6) is -0.996.